The van der Waals surface area contributed by atoms with Gasteiger partial charge in [0, 0.05) is 12.6 Å². The number of aliphatic hydroxyl groups excluding tert-OH is 1. The van der Waals surface area contributed by atoms with E-state index in [9.17, 15) is 0 Å². The molecule has 2 N–H and O–H groups in total. The summed E-state index contributed by atoms with van der Waals surface area (Å²) >= 11 is 0. The summed E-state index contributed by atoms with van der Waals surface area (Å²) < 4.78 is 5.06. The minimum absolute atomic E-state index is 0.0487. The van der Waals surface area contributed by atoms with Gasteiger partial charge in [-0.15, -0.1) is 0 Å². The van der Waals surface area contributed by atoms with Crippen molar-refractivity contribution in [2.24, 2.45) is 0 Å². The Bertz CT molecular complexity index is 385. The van der Waals surface area contributed by atoms with E-state index in [1.165, 1.54) is 0 Å². The molecule has 0 unspecified atom stereocenters. The number of benzene rings is 1. The highest BCUT2D eigenvalue weighted by Crippen LogP contribution is 2.18. The summed E-state index contributed by atoms with van der Waals surface area (Å²) in [5.41, 5.74) is 1.52. The molecule has 1 rings (SSSR count). The summed E-state index contributed by atoms with van der Waals surface area (Å²) in [6.45, 7) is 2.62. The van der Waals surface area contributed by atoms with E-state index >= 15 is 0 Å². The van der Waals surface area contributed by atoms with E-state index in [4.69, 9.17) is 15.1 Å². The molecule has 0 aliphatic rings. The molecule has 1 aromatic carbocycles. The van der Waals surface area contributed by atoms with Gasteiger partial charge in [0.25, 0.3) is 0 Å². The molecule has 0 spiro atoms. The van der Waals surface area contributed by atoms with Crippen molar-refractivity contribution >= 4 is 0 Å². The largest absolute Gasteiger partial charge is 0.495 e. The first-order valence-corrected chi connectivity index (χ1v) is 5.12. The second-order valence-corrected chi connectivity index (χ2v) is 3.61. The summed E-state index contributed by atoms with van der Waals surface area (Å²) in [6, 6.07) is 7.60. The molecule has 0 aromatic heterocycles. The minimum Gasteiger partial charge on any atom is -0.495 e. The van der Waals surface area contributed by atoms with Gasteiger partial charge in [0.05, 0.1) is 19.3 Å². The monoisotopic (exact) mass is 220 g/mol. The molecule has 1 aromatic rings. The van der Waals surface area contributed by atoms with Crippen molar-refractivity contribution in [2.75, 3.05) is 13.7 Å². The van der Waals surface area contributed by atoms with Crippen molar-refractivity contribution in [1.82, 2.24) is 5.32 Å². The first-order chi connectivity index (χ1) is 7.71. The zero-order valence-electron chi connectivity index (χ0n) is 9.53. The van der Waals surface area contributed by atoms with Gasteiger partial charge in [-0.1, -0.05) is 6.07 Å². The van der Waals surface area contributed by atoms with E-state index < -0.39 is 0 Å². The van der Waals surface area contributed by atoms with E-state index in [-0.39, 0.29) is 12.6 Å². The molecule has 0 fully saturated rings. The van der Waals surface area contributed by atoms with Crippen molar-refractivity contribution < 1.29 is 9.84 Å². The number of hydrogen-bond donors (Lipinski definition) is 2. The van der Waals surface area contributed by atoms with Crippen LogP contribution >= 0.6 is 0 Å². The number of nitrogens with zero attached hydrogens (tertiary/aromatic N) is 1. The Balaban J connectivity index is 2.72. The van der Waals surface area contributed by atoms with Crippen LogP contribution < -0.4 is 10.1 Å². The fraction of sp³-hybridized carbons (Fsp3) is 0.417. The smallest absolute Gasteiger partial charge is 0.136 e. The highest BCUT2D eigenvalue weighted by molar-refractivity contribution is 5.45. The fourth-order valence-electron chi connectivity index (χ4n) is 1.31. The molecule has 0 saturated carbocycles. The Morgan fingerprint density at radius 1 is 1.56 bits per heavy atom. The molecule has 4 heteroatoms. The van der Waals surface area contributed by atoms with Crippen molar-refractivity contribution in [3.63, 3.8) is 0 Å². The average Bonchev–Trinajstić information content (AvgIpc) is 2.35. The minimum atomic E-state index is 0.0487. The third kappa shape index (κ3) is 3.23. The molecule has 0 radical (unpaired) electrons. The van der Waals surface area contributed by atoms with Crippen LogP contribution in [0.4, 0.5) is 0 Å². The second kappa shape index (κ2) is 6.11. The highest BCUT2D eigenvalue weighted by atomic mass is 16.5. The first-order valence-electron chi connectivity index (χ1n) is 5.12. The molecule has 0 bridgehead atoms. The van der Waals surface area contributed by atoms with Crippen LogP contribution in [0.25, 0.3) is 0 Å². The average molecular weight is 220 g/mol. The van der Waals surface area contributed by atoms with Crippen LogP contribution in [0.1, 0.15) is 18.1 Å². The number of methoxy groups -OCH3 is 1. The first kappa shape index (κ1) is 12.5. The zero-order valence-corrected chi connectivity index (χ0v) is 9.53. The van der Waals surface area contributed by atoms with Gasteiger partial charge >= 0.3 is 0 Å². The highest BCUT2D eigenvalue weighted by Gasteiger charge is 2.04. The van der Waals surface area contributed by atoms with Gasteiger partial charge in [0.15, 0.2) is 0 Å². The van der Waals surface area contributed by atoms with Gasteiger partial charge in [-0.3, -0.25) is 0 Å². The van der Waals surface area contributed by atoms with E-state index in [1.807, 2.05) is 13.0 Å². The van der Waals surface area contributed by atoms with Crippen LogP contribution in [0, 0.1) is 11.3 Å². The van der Waals surface area contributed by atoms with Crippen molar-refractivity contribution in [1.29, 1.82) is 5.26 Å². The topological polar surface area (TPSA) is 65.3 Å². The Morgan fingerprint density at radius 2 is 2.31 bits per heavy atom. The van der Waals surface area contributed by atoms with Crippen molar-refractivity contribution in [2.45, 2.75) is 19.5 Å². The van der Waals surface area contributed by atoms with Crippen molar-refractivity contribution in [3.8, 4) is 11.8 Å². The normalized spacial score (nSPS) is 11.9. The lowest BCUT2D eigenvalue weighted by Crippen LogP contribution is -2.28. The summed E-state index contributed by atoms with van der Waals surface area (Å²) in [4.78, 5) is 0. The Kier molecular flexibility index (Phi) is 4.77. The fourth-order valence-corrected chi connectivity index (χ4v) is 1.31. The van der Waals surface area contributed by atoms with Crippen LogP contribution in [0.3, 0.4) is 0 Å². The molecule has 0 aliphatic heterocycles. The molecular weight excluding hydrogens is 204 g/mol. The summed E-state index contributed by atoms with van der Waals surface area (Å²) in [6.07, 6.45) is 0. The maximum Gasteiger partial charge on any atom is 0.136 e. The third-order valence-corrected chi connectivity index (χ3v) is 2.31. The number of nitriles is 1. The van der Waals surface area contributed by atoms with Gasteiger partial charge in [-0.05, 0) is 24.6 Å². The van der Waals surface area contributed by atoms with Crippen LogP contribution in [-0.4, -0.2) is 24.9 Å². The van der Waals surface area contributed by atoms with Gasteiger partial charge in [0.1, 0.15) is 11.8 Å². The lowest BCUT2D eigenvalue weighted by molar-refractivity contribution is 0.251. The molecule has 1 atom stereocenters. The Labute approximate surface area is 95.5 Å². The molecular formula is C12H16N2O2. The summed E-state index contributed by atoms with van der Waals surface area (Å²) in [7, 11) is 1.54. The molecule has 0 aliphatic carbocycles. The van der Waals surface area contributed by atoms with Gasteiger partial charge in [-0.2, -0.15) is 5.26 Å². The summed E-state index contributed by atoms with van der Waals surface area (Å²) in [5.74, 6) is 0.585. The van der Waals surface area contributed by atoms with Gasteiger partial charge in [-0.25, -0.2) is 0 Å². The van der Waals surface area contributed by atoms with Crippen LogP contribution in [0.5, 0.6) is 5.75 Å². The molecule has 0 heterocycles. The van der Waals surface area contributed by atoms with Crippen LogP contribution in [0.15, 0.2) is 18.2 Å². The standard InChI is InChI=1S/C12H16N2O2/c1-9(8-15)14-7-10-3-4-12(16-2)11(5-10)6-13/h3-5,9,14-15H,7-8H2,1-2H3/t9-/m0/s1. The lowest BCUT2D eigenvalue weighted by Gasteiger charge is -2.11. The number of hydrogen-bond acceptors (Lipinski definition) is 4. The van der Waals surface area contributed by atoms with Crippen molar-refractivity contribution in [3.05, 3.63) is 29.3 Å². The number of nitrogens with one attached hydrogen (secondary N) is 1. The molecule has 4 nitrogen and oxygen atoms in total. The summed E-state index contributed by atoms with van der Waals surface area (Å²) in [5, 5.41) is 20.9. The predicted molar refractivity (Wildman–Crippen MR) is 61.1 cm³/mol. The maximum atomic E-state index is 8.91. The zero-order chi connectivity index (χ0) is 12.0. The third-order valence-electron chi connectivity index (χ3n) is 2.31. The second-order valence-electron chi connectivity index (χ2n) is 3.61. The maximum absolute atomic E-state index is 8.91. The SMILES string of the molecule is COc1ccc(CN[C@@H](C)CO)cc1C#N. The van der Waals surface area contributed by atoms with Crippen LogP contribution in [0.2, 0.25) is 0 Å². The van der Waals surface area contributed by atoms with E-state index in [0.717, 1.165) is 5.56 Å². The number of rotatable bonds is 5. The molecule has 86 valence electrons. The van der Waals surface area contributed by atoms with E-state index in [2.05, 4.69) is 11.4 Å². The Hall–Kier alpha value is -1.57. The van der Waals surface area contributed by atoms with E-state index in [1.54, 1.807) is 19.2 Å². The van der Waals surface area contributed by atoms with Gasteiger partial charge < -0.3 is 15.2 Å². The van der Waals surface area contributed by atoms with E-state index in [0.29, 0.717) is 17.9 Å². The number of aliphatic hydroxyl groups is 1. The molecule has 0 amide bonds. The Morgan fingerprint density at radius 3 is 2.88 bits per heavy atom. The quantitative estimate of drug-likeness (QED) is 0.778. The van der Waals surface area contributed by atoms with Crippen LogP contribution in [-0.2, 0) is 6.54 Å². The molecule has 0 saturated heterocycles. The predicted octanol–water partition coefficient (Wildman–Crippen LogP) is 1.04. The van der Waals surface area contributed by atoms with Gasteiger partial charge in [0.2, 0.25) is 0 Å². The lowest BCUT2D eigenvalue weighted by atomic mass is 10.1. The number of ether oxygens (including phenoxy) is 1. The molecule has 16 heavy (non-hydrogen) atoms.